The standard InChI is InChI=1S/C15H26N4O/c1-6-10-11(7-2)18-19-14(16-10)17-12-9-13(20-8-3)15(12,4)5/h12-13H,6-9H2,1-5H3,(H,16,17,19). The van der Waals surface area contributed by atoms with Gasteiger partial charge in [0.2, 0.25) is 5.95 Å². The van der Waals surface area contributed by atoms with Gasteiger partial charge in [0, 0.05) is 18.1 Å². The molecule has 0 aromatic carbocycles. The van der Waals surface area contributed by atoms with Crippen LogP contribution < -0.4 is 5.32 Å². The summed E-state index contributed by atoms with van der Waals surface area (Å²) < 4.78 is 5.75. The Bertz CT molecular complexity index is 461. The van der Waals surface area contributed by atoms with Gasteiger partial charge in [0.25, 0.3) is 0 Å². The molecule has 20 heavy (non-hydrogen) atoms. The van der Waals surface area contributed by atoms with Gasteiger partial charge in [-0.1, -0.05) is 27.7 Å². The van der Waals surface area contributed by atoms with E-state index in [1.54, 1.807) is 0 Å². The highest BCUT2D eigenvalue weighted by atomic mass is 16.5. The van der Waals surface area contributed by atoms with Crippen molar-refractivity contribution >= 4 is 5.95 Å². The van der Waals surface area contributed by atoms with Gasteiger partial charge in [-0.3, -0.25) is 0 Å². The lowest BCUT2D eigenvalue weighted by atomic mass is 9.64. The van der Waals surface area contributed by atoms with Crippen LogP contribution in [0.5, 0.6) is 0 Å². The third-order valence-corrected chi connectivity index (χ3v) is 4.36. The van der Waals surface area contributed by atoms with Gasteiger partial charge in [0.15, 0.2) is 0 Å². The molecule has 0 aliphatic heterocycles. The van der Waals surface area contributed by atoms with E-state index in [-0.39, 0.29) is 5.41 Å². The van der Waals surface area contributed by atoms with Crippen molar-refractivity contribution in [2.24, 2.45) is 5.41 Å². The van der Waals surface area contributed by atoms with Crippen LogP contribution in [0.2, 0.25) is 0 Å². The average Bonchev–Trinajstić information content (AvgIpc) is 2.46. The Kier molecular flexibility index (Phi) is 4.58. The van der Waals surface area contributed by atoms with Gasteiger partial charge in [0.05, 0.1) is 17.5 Å². The maximum absolute atomic E-state index is 5.75. The summed E-state index contributed by atoms with van der Waals surface area (Å²) in [5.74, 6) is 0.645. The lowest BCUT2D eigenvalue weighted by Crippen LogP contribution is -2.58. The number of ether oxygens (including phenoxy) is 1. The molecule has 112 valence electrons. The Labute approximate surface area is 121 Å². The second-order valence-corrected chi connectivity index (χ2v) is 5.93. The molecule has 0 spiro atoms. The van der Waals surface area contributed by atoms with Crippen LogP contribution in [0.1, 0.15) is 52.4 Å². The molecule has 5 nitrogen and oxygen atoms in total. The molecule has 0 saturated heterocycles. The van der Waals surface area contributed by atoms with Crippen LogP contribution in [-0.4, -0.2) is 33.9 Å². The summed E-state index contributed by atoms with van der Waals surface area (Å²) in [5, 5.41) is 11.9. The summed E-state index contributed by atoms with van der Waals surface area (Å²) in [5.41, 5.74) is 2.15. The number of rotatable bonds is 6. The molecule has 0 amide bonds. The molecular formula is C15H26N4O. The van der Waals surface area contributed by atoms with Crippen LogP contribution in [-0.2, 0) is 17.6 Å². The first-order valence-electron chi connectivity index (χ1n) is 7.63. The van der Waals surface area contributed by atoms with Crippen molar-refractivity contribution in [1.29, 1.82) is 0 Å². The smallest absolute Gasteiger partial charge is 0.243 e. The second-order valence-electron chi connectivity index (χ2n) is 5.93. The minimum atomic E-state index is 0.106. The predicted octanol–water partition coefficient (Wildman–Crippen LogP) is 2.61. The van der Waals surface area contributed by atoms with Crippen molar-refractivity contribution in [3.05, 3.63) is 11.4 Å². The van der Waals surface area contributed by atoms with E-state index in [1.807, 2.05) is 6.92 Å². The van der Waals surface area contributed by atoms with Crippen LogP contribution in [0.3, 0.4) is 0 Å². The number of aryl methyl sites for hydroxylation is 2. The molecule has 5 heteroatoms. The average molecular weight is 278 g/mol. The van der Waals surface area contributed by atoms with Gasteiger partial charge in [-0.2, -0.15) is 5.10 Å². The molecular weight excluding hydrogens is 252 g/mol. The summed E-state index contributed by atoms with van der Waals surface area (Å²) >= 11 is 0. The Balaban J connectivity index is 2.05. The van der Waals surface area contributed by atoms with E-state index in [1.165, 1.54) is 0 Å². The number of anilines is 1. The fraction of sp³-hybridized carbons (Fsp3) is 0.800. The molecule has 1 aromatic heterocycles. The van der Waals surface area contributed by atoms with Gasteiger partial charge in [-0.25, -0.2) is 4.98 Å². The first-order chi connectivity index (χ1) is 9.52. The van der Waals surface area contributed by atoms with Crippen molar-refractivity contribution in [2.75, 3.05) is 11.9 Å². The molecule has 0 bridgehead atoms. The third-order valence-electron chi connectivity index (χ3n) is 4.36. The summed E-state index contributed by atoms with van der Waals surface area (Å²) in [6.07, 6.45) is 3.09. The molecule has 2 rings (SSSR count). The molecule has 1 aromatic rings. The summed E-state index contributed by atoms with van der Waals surface area (Å²) in [7, 11) is 0. The zero-order valence-electron chi connectivity index (χ0n) is 13.2. The number of nitrogens with one attached hydrogen (secondary N) is 1. The third kappa shape index (κ3) is 2.77. The molecule has 1 N–H and O–H groups in total. The summed E-state index contributed by atoms with van der Waals surface area (Å²) in [6, 6.07) is 0.345. The molecule has 1 aliphatic carbocycles. The lowest BCUT2D eigenvalue weighted by molar-refractivity contribution is -0.0977. The van der Waals surface area contributed by atoms with Gasteiger partial charge in [0.1, 0.15) is 0 Å². The van der Waals surface area contributed by atoms with Crippen molar-refractivity contribution < 1.29 is 4.74 Å². The minimum absolute atomic E-state index is 0.106. The first-order valence-corrected chi connectivity index (χ1v) is 7.63. The van der Waals surface area contributed by atoms with Crippen molar-refractivity contribution in [3.8, 4) is 0 Å². The predicted molar refractivity (Wildman–Crippen MR) is 79.8 cm³/mol. The van der Waals surface area contributed by atoms with Crippen LogP contribution >= 0.6 is 0 Å². The van der Waals surface area contributed by atoms with Crippen molar-refractivity contribution in [1.82, 2.24) is 15.2 Å². The van der Waals surface area contributed by atoms with Crippen LogP contribution in [0.15, 0.2) is 0 Å². The molecule has 0 radical (unpaired) electrons. The quantitative estimate of drug-likeness (QED) is 0.866. The van der Waals surface area contributed by atoms with E-state index >= 15 is 0 Å². The van der Waals surface area contributed by atoms with Gasteiger partial charge < -0.3 is 10.1 Å². The SMILES string of the molecule is CCOC1CC(Nc2nnc(CC)c(CC)n2)C1(C)C. The number of aromatic nitrogens is 3. The number of hydrogen-bond acceptors (Lipinski definition) is 5. The van der Waals surface area contributed by atoms with Crippen LogP contribution in [0.4, 0.5) is 5.95 Å². The van der Waals surface area contributed by atoms with Crippen LogP contribution in [0, 0.1) is 5.41 Å². The van der Waals surface area contributed by atoms with E-state index in [2.05, 4.69) is 48.2 Å². The number of hydrogen-bond donors (Lipinski definition) is 1. The maximum atomic E-state index is 5.75. The van der Waals surface area contributed by atoms with Crippen molar-refractivity contribution in [2.45, 2.75) is 66.0 Å². The molecule has 1 heterocycles. The lowest BCUT2D eigenvalue weighted by Gasteiger charge is -2.51. The fourth-order valence-corrected chi connectivity index (χ4v) is 2.77. The van der Waals surface area contributed by atoms with Gasteiger partial charge in [-0.15, -0.1) is 5.10 Å². The monoisotopic (exact) mass is 278 g/mol. The Hall–Kier alpha value is -1.23. The van der Waals surface area contributed by atoms with Crippen molar-refractivity contribution in [3.63, 3.8) is 0 Å². The first kappa shape index (κ1) is 15.2. The fourth-order valence-electron chi connectivity index (χ4n) is 2.77. The molecule has 1 fully saturated rings. The molecule has 1 aliphatic rings. The molecule has 2 unspecified atom stereocenters. The Morgan fingerprint density at radius 2 is 1.85 bits per heavy atom. The van der Waals surface area contributed by atoms with Crippen LogP contribution in [0.25, 0.3) is 0 Å². The topological polar surface area (TPSA) is 59.9 Å². The summed E-state index contributed by atoms with van der Waals surface area (Å²) in [4.78, 5) is 4.59. The highest BCUT2D eigenvalue weighted by molar-refractivity contribution is 5.30. The normalized spacial score (nSPS) is 24.2. The van der Waals surface area contributed by atoms with Gasteiger partial charge >= 0.3 is 0 Å². The molecule has 1 saturated carbocycles. The van der Waals surface area contributed by atoms with E-state index < -0.39 is 0 Å². The molecule has 2 atom stereocenters. The highest BCUT2D eigenvalue weighted by Crippen LogP contribution is 2.43. The Morgan fingerprint density at radius 1 is 1.15 bits per heavy atom. The minimum Gasteiger partial charge on any atom is -0.378 e. The van der Waals surface area contributed by atoms with Gasteiger partial charge in [-0.05, 0) is 26.2 Å². The van der Waals surface area contributed by atoms with E-state index in [0.717, 1.165) is 37.3 Å². The van der Waals surface area contributed by atoms with E-state index in [4.69, 9.17) is 4.74 Å². The number of nitrogens with zero attached hydrogens (tertiary/aromatic N) is 3. The van der Waals surface area contributed by atoms with E-state index in [0.29, 0.717) is 18.1 Å². The zero-order valence-corrected chi connectivity index (χ0v) is 13.2. The summed E-state index contributed by atoms with van der Waals surface area (Å²) in [6.45, 7) is 11.4. The largest absolute Gasteiger partial charge is 0.378 e. The zero-order chi connectivity index (χ0) is 14.8. The Morgan fingerprint density at radius 3 is 2.40 bits per heavy atom. The second kappa shape index (κ2) is 6.04. The highest BCUT2D eigenvalue weighted by Gasteiger charge is 2.49. The maximum Gasteiger partial charge on any atom is 0.243 e. The van der Waals surface area contributed by atoms with E-state index in [9.17, 15) is 0 Å².